The van der Waals surface area contributed by atoms with Crippen LogP contribution in [0.1, 0.15) is 93.9 Å². The van der Waals surface area contributed by atoms with Crippen molar-refractivity contribution < 1.29 is 0 Å². The van der Waals surface area contributed by atoms with Gasteiger partial charge in [-0.3, -0.25) is 0 Å². The van der Waals surface area contributed by atoms with E-state index in [1.54, 1.807) is 0 Å². The minimum Gasteiger partial charge on any atom is -0.0654 e. The third kappa shape index (κ3) is 9.00. The van der Waals surface area contributed by atoms with E-state index in [0.717, 1.165) is 11.8 Å². The van der Waals surface area contributed by atoms with Crippen LogP contribution in [0.25, 0.3) is 0 Å². The Morgan fingerprint density at radius 1 is 0.778 bits per heavy atom. The van der Waals surface area contributed by atoms with Crippen LogP contribution < -0.4 is 0 Å². The predicted octanol–water partition coefficient (Wildman–Crippen LogP) is 6.69. The van der Waals surface area contributed by atoms with Crippen LogP contribution in [0.5, 0.6) is 0 Å². The molecular weight excluding hydrogens is 216 g/mol. The minimum atomic E-state index is 0.525. The summed E-state index contributed by atoms with van der Waals surface area (Å²) in [6.07, 6.45) is 8.21. The van der Waals surface area contributed by atoms with Gasteiger partial charge in [0.05, 0.1) is 0 Å². The summed E-state index contributed by atoms with van der Waals surface area (Å²) in [5.74, 6) is 1.70. The Morgan fingerprint density at radius 2 is 1.28 bits per heavy atom. The highest BCUT2D eigenvalue weighted by molar-refractivity contribution is 4.75. The van der Waals surface area contributed by atoms with E-state index in [9.17, 15) is 0 Å². The van der Waals surface area contributed by atoms with Crippen LogP contribution in [0.4, 0.5) is 0 Å². The van der Waals surface area contributed by atoms with Gasteiger partial charge in [-0.05, 0) is 48.3 Å². The zero-order valence-corrected chi connectivity index (χ0v) is 14.4. The highest BCUT2D eigenvalue weighted by Gasteiger charge is 2.23. The Hall–Kier alpha value is 0. The molecule has 0 aliphatic heterocycles. The SMILES string of the molecule is CCCC(C)(C)CC(C)CCC(C)(C)CC(C)C. The first-order valence-electron chi connectivity index (χ1n) is 8.08. The number of rotatable bonds is 9. The van der Waals surface area contributed by atoms with Crippen LogP contribution in [0.15, 0.2) is 0 Å². The van der Waals surface area contributed by atoms with Crippen LogP contribution in [-0.2, 0) is 0 Å². The van der Waals surface area contributed by atoms with E-state index >= 15 is 0 Å². The summed E-state index contributed by atoms with van der Waals surface area (Å²) in [5.41, 5.74) is 1.06. The average Bonchev–Trinajstić information content (AvgIpc) is 2.11. The van der Waals surface area contributed by atoms with Gasteiger partial charge in [0.2, 0.25) is 0 Å². The Balaban J connectivity index is 4.06. The van der Waals surface area contributed by atoms with Gasteiger partial charge in [0.15, 0.2) is 0 Å². The molecule has 110 valence electrons. The highest BCUT2D eigenvalue weighted by atomic mass is 14.3. The fraction of sp³-hybridized carbons (Fsp3) is 1.00. The molecule has 0 aliphatic carbocycles. The predicted molar refractivity (Wildman–Crippen MR) is 84.9 cm³/mol. The van der Waals surface area contributed by atoms with Gasteiger partial charge in [-0.25, -0.2) is 0 Å². The Kier molecular flexibility index (Phi) is 7.56. The van der Waals surface area contributed by atoms with Crippen molar-refractivity contribution in [1.82, 2.24) is 0 Å². The second kappa shape index (κ2) is 7.56. The molecule has 0 nitrogen and oxygen atoms in total. The van der Waals surface area contributed by atoms with E-state index in [2.05, 4.69) is 55.4 Å². The molecule has 0 rings (SSSR count). The van der Waals surface area contributed by atoms with Crippen LogP contribution >= 0.6 is 0 Å². The van der Waals surface area contributed by atoms with Gasteiger partial charge in [-0.1, -0.05) is 68.2 Å². The normalized spacial score (nSPS) is 15.2. The highest BCUT2D eigenvalue weighted by Crippen LogP contribution is 2.36. The summed E-state index contributed by atoms with van der Waals surface area (Å²) in [6, 6.07) is 0. The van der Waals surface area contributed by atoms with Crippen molar-refractivity contribution in [3.05, 3.63) is 0 Å². The van der Waals surface area contributed by atoms with Crippen molar-refractivity contribution in [3.63, 3.8) is 0 Å². The van der Waals surface area contributed by atoms with Crippen molar-refractivity contribution in [2.24, 2.45) is 22.7 Å². The summed E-state index contributed by atoms with van der Waals surface area (Å²) in [6.45, 7) is 19.2. The fourth-order valence-electron chi connectivity index (χ4n) is 3.67. The summed E-state index contributed by atoms with van der Waals surface area (Å²) in [5, 5.41) is 0. The zero-order valence-electron chi connectivity index (χ0n) is 14.4. The van der Waals surface area contributed by atoms with Gasteiger partial charge in [0.25, 0.3) is 0 Å². The quantitative estimate of drug-likeness (QED) is 0.430. The van der Waals surface area contributed by atoms with Crippen LogP contribution in [-0.4, -0.2) is 0 Å². The van der Waals surface area contributed by atoms with Crippen LogP contribution in [0.3, 0.4) is 0 Å². The molecule has 0 heterocycles. The zero-order chi connectivity index (χ0) is 14.4. The molecule has 0 bridgehead atoms. The summed E-state index contributed by atoms with van der Waals surface area (Å²) >= 11 is 0. The maximum absolute atomic E-state index is 2.45. The van der Waals surface area contributed by atoms with E-state index in [0.29, 0.717) is 10.8 Å². The first-order chi connectivity index (χ1) is 8.08. The number of hydrogen-bond acceptors (Lipinski definition) is 0. The molecule has 0 N–H and O–H groups in total. The first kappa shape index (κ1) is 18.0. The Morgan fingerprint density at radius 3 is 1.72 bits per heavy atom. The molecular formula is C18H38. The lowest BCUT2D eigenvalue weighted by molar-refractivity contribution is 0.205. The molecule has 0 aromatic rings. The molecule has 1 unspecified atom stereocenters. The monoisotopic (exact) mass is 254 g/mol. The molecule has 0 fully saturated rings. The maximum atomic E-state index is 2.45. The van der Waals surface area contributed by atoms with Crippen molar-refractivity contribution >= 4 is 0 Å². The van der Waals surface area contributed by atoms with E-state index in [-0.39, 0.29) is 0 Å². The molecule has 0 aromatic carbocycles. The van der Waals surface area contributed by atoms with Gasteiger partial charge < -0.3 is 0 Å². The van der Waals surface area contributed by atoms with Crippen molar-refractivity contribution in [3.8, 4) is 0 Å². The number of hydrogen-bond donors (Lipinski definition) is 0. The first-order valence-corrected chi connectivity index (χ1v) is 8.08. The molecule has 0 saturated heterocycles. The second-order valence-electron chi connectivity index (χ2n) is 8.52. The van der Waals surface area contributed by atoms with Crippen molar-refractivity contribution in [2.75, 3.05) is 0 Å². The molecule has 0 amide bonds. The lowest BCUT2D eigenvalue weighted by atomic mass is 9.74. The van der Waals surface area contributed by atoms with Crippen LogP contribution in [0, 0.1) is 22.7 Å². The molecule has 18 heavy (non-hydrogen) atoms. The molecule has 0 spiro atoms. The smallest absolute Gasteiger partial charge is 0.0352 e. The van der Waals surface area contributed by atoms with E-state index < -0.39 is 0 Å². The average molecular weight is 255 g/mol. The molecule has 0 aromatic heterocycles. The molecule has 0 radical (unpaired) electrons. The molecule has 0 aliphatic rings. The van der Waals surface area contributed by atoms with Gasteiger partial charge >= 0.3 is 0 Å². The third-order valence-corrected chi connectivity index (χ3v) is 4.10. The van der Waals surface area contributed by atoms with Gasteiger partial charge in [-0.2, -0.15) is 0 Å². The van der Waals surface area contributed by atoms with Crippen molar-refractivity contribution in [2.45, 2.75) is 93.9 Å². The van der Waals surface area contributed by atoms with E-state index in [4.69, 9.17) is 0 Å². The largest absolute Gasteiger partial charge is 0.0654 e. The Labute approximate surface area is 117 Å². The summed E-state index contributed by atoms with van der Waals surface area (Å²) in [4.78, 5) is 0. The van der Waals surface area contributed by atoms with E-state index in [1.165, 1.54) is 38.5 Å². The summed E-state index contributed by atoms with van der Waals surface area (Å²) < 4.78 is 0. The van der Waals surface area contributed by atoms with E-state index in [1.807, 2.05) is 0 Å². The second-order valence-corrected chi connectivity index (χ2v) is 8.52. The molecule has 0 saturated carbocycles. The van der Waals surface area contributed by atoms with Crippen molar-refractivity contribution in [1.29, 1.82) is 0 Å². The molecule has 0 heteroatoms. The molecule has 1 atom stereocenters. The minimum absolute atomic E-state index is 0.525. The fourth-order valence-corrected chi connectivity index (χ4v) is 3.67. The maximum Gasteiger partial charge on any atom is -0.0352 e. The summed E-state index contributed by atoms with van der Waals surface area (Å²) in [7, 11) is 0. The third-order valence-electron chi connectivity index (χ3n) is 4.10. The topological polar surface area (TPSA) is 0 Å². The standard InChI is InChI=1S/C18H38/c1-9-11-17(5,6)14-16(4)10-12-18(7,8)13-15(2)3/h15-16H,9-14H2,1-8H3. The lowest BCUT2D eigenvalue weighted by Gasteiger charge is -2.31. The van der Waals surface area contributed by atoms with Gasteiger partial charge in [-0.15, -0.1) is 0 Å². The van der Waals surface area contributed by atoms with Crippen LogP contribution in [0.2, 0.25) is 0 Å². The Bertz CT molecular complexity index is 210. The lowest BCUT2D eigenvalue weighted by Crippen LogP contribution is -2.19. The van der Waals surface area contributed by atoms with Gasteiger partial charge in [0, 0.05) is 0 Å². The van der Waals surface area contributed by atoms with Gasteiger partial charge in [0.1, 0.15) is 0 Å².